The zero-order valence-corrected chi connectivity index (χ0v) is 14.6. The summed E-state index contributed by atoms with van der Waals surface area (Å²) in [5.74, 6) is 1.49. The second-order valence-corrected chi connectivity index (χ2v) is 7.00. The first kappa shape index (κ1) is 15.0. The van der Waals surface area contributed by atoms with Gasteiger partial charge in [0.25, 0.3) is 0 Å². The number of anilines is 2. The Kier molecular flexibility index (Phi) is 4.06. The van der Waals surface area contributed by atoms with E-state index in [-0.39, 0.29) is 0 Å². The molecule has 0 amide bonds. The molecule has 0 aliphatic heterocycles. The number of nitrogens with one attached hydrogen (secondary N) is 1. The molecule has 1 aromatic carbocycles. The molecule has 0 fully saturated rings. The molecule has 118 valence electrons. The van der Waals surface area contributed by atoms with Gasteiger partial charge in [-0.1, -0.05) is 36.4 Å². The standard InChI is InChI=1S/C18H14N4S2/c1-12-19-14(13-6-3-2-4-7-13)10-17(20-12)22-18-21-15(11-24-18)16-8-5-9-23-16/h2-11H,1H3,(H,19,20,21,22). The van der Waals surface area contributed by atoms with E-state index in [1.165, 1.54) is 4.88 Å². The van der Waals surface area contributed by atoms with E-state index in [1.54, 1.807) is 22.7 Å². The van der Waals surface area contributed by atoms with Crippen molar-refractivity contribution in [2.45, 2.75) is 6.92 Å². The summed E-state index contributed by atoms with van der Waals surface area (Å²) in [6.07, 6.45) is 0. The van der Waals surface area contributed by atoms with Crippen molar-refractivity contribution in [3.63, 3.8) is 0 Å². The van der Waals surface area contributed by atoms with Crippen LogP contribution in [0.5, 0.6) is 0 Å². The Labute approximate surface area is 147 Å². The molecule has 0 atom stereocenters. The van der Waals surface area contributed by atoms with Crippen LogP contribution in [0.4, 0.5) is 10.9 Å². The lowest BCUT2D eigenvalue weighted by Gasteiger charge is -2.06. The lowest BCUT2D eigenvalue weighted by Crippen LogP contribution is -1.98. The molecule has 0 unspecified atom stereocenters. The van der Waals surface area contributed by atoms with Crippen molar-refractivity contribution < 1.29 is 0 Å². The fourth-order valence-electron chi connectivity index (χ4n) is 2.37. The Morgan fingerprint density at radius 2 is 1.75 bits per heavy atom. The van der Waals surface area contributed by atoms with Gasteiger partial charge in [-0.2, -0.15) is 0 Å². The van der Waals surface area contributed by atoms with Crippen LogP contribution in [0.3, 0.4) is 0 Å². The van der Waals surface area contributed by atoms with Gasteiger partial charge in [0.1, 0.15) is 11.6 Å². The number of nitrogens with zero attached hydrogens (tertiary/aromatic N) is 3. The lowest BCUT2D eigenvalue weighted by atomic mass is 10.1. The van der Waals surface area contributed by atoms with E-state index in [0.717, 1.165) is 33.7 Å². The van der Waals surface area contributed by atoms with Crippen LogP contribution in [0.1, 0.15) is 5.82 Å². The number of hydrogen-bond acceptors (Lipinski definition) is 6. The maximum Gasteiger partial charge on any atom is 0.188 e. The third-order valence-electron chi connectivity index (χ3n) is 3.42. The van der Waals surface area contributed by atoms with Crippen LogP contribution in [0, 0.1) is 6.92 Å². The fourth-order valence-corrected chi connectivity index (χ4v) is 3.84. The number of rotatable bonds is 4. The summed E-state index contributed by atoms with van der Waals surface area (Å²) in [5.41, 5.74) is 2.97. The molecule has 0 saturated carbocycles. The zero-order valence-electron chi connectivity index (χ0n) is 12.9. The van der Waals surface area contributed by atoms with Crippen molar-refractivity contribution >= 4 is 33.6 Å². The number of hydrogen-bond donors (Lipinski definition) is 1. The van der Waals surface area contributed by atoms with E-state index in [2.05, 4.69) is 37.1 Å². The molecule has 0 bridgehead atoms. The summed E-state index contributed by atoms with van der Waals surface area (Å²) < 4.78 is 0. The van der Waals surface area contributed by atoms with Crippen LogP contribution in [-0.2, 0) is 0 Å². The van der Waals surface area contributed by atoms with E-state index < -0.39 is 0 Å². The van der Waals surface area contributed by atoms with Crippen molar-refractivity contribution in [3.05, 3.63) is 65.1 Å². The highest BCUT2D eigenvalue weighted by molar-refractivity contribution is 7.16. The Balaban J connectivity index is 1.62. The maximum atomic E-state index is 4.64. The van der Waals surface area contributed by atoms with Crippen molar-refractivity contribution in [3.8, 4) is 21.8 Å². The fraction of sp³-hybridized carbons (Fsp3) is 0.0556. The van der Waals surface area contributed by atoms with Gasteiger partial charge in [-0.15, -0.1) is 22.7 Å². The first-order valence-corrected chi connectivity index (χ1v) is 9.21. The summed E-state index contributed by atoms with van der Waals surface area (Å²) in [5, 5.41) is 8.24. The van der Waals surface area contributed by atoms with E-state index in [4.69, 9.17) is 0 Å². The van der Waals surface area contributed by atoms with Crippen LogP contribution >= 0.6 is 22.7 Å². The molecule has 0 radical (unpaired) electrons. The Morgan fingerprint density at radius 3 is 2.54 bits per heavy atom. The van der Waals surface area contributed by atoms with Gasteiger partial charge in [-0.3, -0.25) is 0 Å². The average molecular weight is 350 g/mol. The molecule has 0 saturated heterocycles. The maximum absolute atomic E-state index is 4.64. The predicted molar refractivity (Wildman–Crippen MR) is 101 cm³/mol. The van der Waals surface area contributed by atoms with Crippen molar-refractivity contribution in [2.24, 2.45) is 0 Å². The summed E-state index contributed by atoms with van der Waals surface area (Å²) >= 11 is 3.26. The number of thiophene rings is 1. The molecule has 4 nitrogen and oxygen atoms in total. The van der Waals surface area contributed by atoms with Gasteiger partial charge >= 0.3 is 0 Å². The van der Waals surface area contributed by atoms with Gasteiger partial charge in [0.2, 0.25) is 0 Å². The average Bonchev–Trinajstić information content (AvgIpc) is 3.26. The molecule has 4 aromatic rings. The van der Waals surface area contributed by atoms with Gasteiger partial charge in [0, 0.05) is 17.0 Å². The van der Waals surface area contributed by atoms with E-state index in [0.29, 0.717) is 0 Å². The minimum atomic E-state index is 0.730. The van der Waals surface area contributed by atoms with Crippen molar-refractivity contribution in [1.82, 2.24) is 15.0 Å². The summed E-state index contributed by atoms with van der Waals surface area (Å²) in [6.45, 7) is 1.90. The van der Waals surface area contributed by atoms with Gasteiger partial charge < -0.3 is 5.32 Å². The lowest BCUT2D eigenvalue weighted by molar-refractivity contribution is 1.06. The van der Waals surface area contributed by atoms with Gasteiger partial charge in [-0.25, -0.2) is 15.0 Å². The normalized spacial score (nSPS) is 10.7. The second kappa shape index (κ2) is 6.51. The quantitative estimate of drug-likeness (QED) is 0.537. The van der Waals surface area contributed by atoms with Gasteiger partial charge in [0.05, 0.1) is 16.3 Å². The van der Waals surface area contributed by atoms with Crippen LogP contribution < -0.4 is 5.32 Å². The second-order valence-electron chi connectivity index (χ2n) is 5.19. The molecular weight excluding hydrogens is 336 g/mol. The third-order valence-corrected chi connectivity index (χ3v) is 5.07. The highest BCUT2D eigenvalue weighted by Crippen LogP contribution is 2.30. The minimum Gasteiger partial charge on any atom is -0.316 e. The SMILES string of the molecule is Cc1nc(Nc2nc(-c3cccs3)cs2)cc(-c2ccccc2)n1. The van der Waals surface area contributed by atoms with Gasteiger partial charge in [0.15, 0.2) is 5.13 Å². The Hall–Kier alpha value is -2.57. The van der Waals surface area contributed by atoms with Crippen LogP contribution in [0.25, 0.3) is 21.8 Å². The molecule has 24 heavy (non-hydrogen) atoms. The van der Waals surface area contributed by atoms with Crippen molar-refractivity contribution in [2.75, 3.05) is 5.32 Å². The summed E-state index contributed by atoms with van der Waals surface area (Å²) in [4.78, 5) is 14.8. The molecule has 0 spiro atoms. The molecule has 1 N–H and O–H groups in total. The highest BCUT2D eigenvalue weighted by Gasteiger charge is 2.08. The summed E-state index contributed by atoms with van der Waals surface area (Å²) in [7, 11) is 0. The number of aryl methyl sites for hydroxylation is 1. The Morgan fingerprint density at radius 1 is 0.875 bits per heavy atom. The Bertz CT molecular complexity index is 946. The topological polar surface area (TPSA) is 50.7 Å². The molecule has 0 aliphatic carbocycles. The highest BCUT2D eigenvalue weighted by atomic mass is 32.1. The molecule has 4 rings (SSSR count). The van der Waals surface area contributed by atoms with Gasteiger partial charge in [-0.05, 0) is 18.4 Å². The van der Waals surface area contributed by atoms with E-state index in [1.807, 2.05) is 49.4 Å². The summed E-state index contributed by atoms with van der Waals surface area (Å²) in [6, 6.07) is 16.2. The molecule has 6 heteroatoms. The monoisotopic (exact) mass is 350 g/mol. The smallest absolute Gasteiger partial charge is 0.188 e. The molecule has 3 heterocycles. The van der Waals surface area contributed by atoms with Crippen LogP contribution in [0.15, 0.2) is 59.3 Å². The molecule has 3 aromatic heterocycles. The first-order valence-electron chi connectivity index (χ1n) is 7.45. The molecule has 0 aliphatic rings. The largest absolute Gasteiger partial charge is 0.316 e. The zero-order chi connectivity index (χ0) is 16.4. The predicted octanol–water partition coefficient (Wildman–Crippen LogP) is 5.38. The number of thiazole rings is 1. The van der Waals surface area contributed by atoms with E-state index in [9.17, 15) is 0 Å². The van der Waals surface area contributed by atoms with E-state index >= 15 is 0 Å². The number of aromatic nitrogens is 3. The molecular formula is C18H14N4S2. The third kappa shape index (κ3) is 3.20. The van der Waals surface area contributed by atoms with Crippen molar-refractivity contribution in [1.29, 1.82) is 0 Å². The first-order chi connectivity index (χ1) is 11.8. The van der Waals surface area contributed by atoms with Crippen LogP contribution in [0.2, 0.25) is 0 Å². The number of benzene rings is 1. The van der Waals surface area contributed by atoms with Crippen LogP contribution in [-0.4, -0.2) is 15.0 Å². The minimum absolute atomic E-state index is 0.730.